The van der Waals surface area contributed by atoms with E-state index < -0.39 is 0 Å². The Morgan fingerprint density at radius 2 is 2.05 bits per heavy atom. The van der Waals surface area contributed by atoms with E-state index in [0.29, 0.717) is 24.9 Å². The minimum absolute atomic E-state index is 0.0880. The molecule has 0 bridgehead atoms. The van der Waals surface area contributed by atoms with E-state index in [2.05, 4.69) is 16.8 Å². The Bertz CT molecular complexity index is 668. The topological polar surface area (TPSA) is 47.6 Å². The summed E-state index contributed by atoms with van der Waals surface area (Å²) in [4.78, 5) is 13.6. The van der Waals surface area contributed by atoms with E-state index in [-0.39, 0.29) is 11.8 Å². The van der Waals surface area contributed by atoms with Crippen molar-refractivity contribution in [3.05, 3.63) is 40.6 Å². The minimum Gasteiger partial charge on any atom is -0.486 e. The zero-order valence-electron chi connectivity index (χ0n) is 11.4. The van der Waals surface area contributed by atoms with Gasteiger partial charge in [-0.2, -0.15) is 0 Å². The zero-order chi connectivity index (χ0) is 14.2. The average Bonchev–Trinajstić information content (AvgIpc) is 3.13. The Hall–Kier alpha value is -2.01. The molecule has 108 valence electrons. The van der Waals surface area contributed by atoms with Crippen LogP contribution in [0.3, 0.4) is 0 Å². The second-order valence-electron chi connectivity index (χ2n) is 5.31. The lowest BCUT2D eigenvalue weighted by Crippen LogP contribution is -2.17. The fourth-order valence-corrected chi connectivity index (χ4v) is 3.56. The number of carbonyl (C=O) groups excluding carboxylic acids is 1. The van der Waals surface area contributed by atoms with Crippen LogP contribution in [0.4, 0.5) is 5.69 Å². The first-order chi connectivity index (χ1) is 10.3. The third kappa shape index (κ3) is 2.49. The van der Waals surface area contributed by atoms with Gasteiger partial charge in [-0.15, -0.1) is 11.3 Å². The smallest absolute Gasteiger partial charge is 0.228 e. The molecule has 21 heavy (non-hydrogen) atoms. The Morgan fingerprint density at radius 3 is 2.86 bits per heavy atom. The van der Waals surface area contributed by atoms with Crippen LogP contribution in [-0.2, 0) is 4.79 Å². The number of hydrogen-bond donors (Lipinski definition) is 1. The van der Waals surface area contributed by atoms with Crippen LogP contribution in [-0.4, -0.2) is 19.1 Å². The van der Waals surface area contributed by atoms with Gasteiger partial charge < -0.3 is 14.8 Å². The van der Waals surface area contributed by atoms with Crippen LogP contribution < -0.4 is 14.8 Å². The minimum atomic E-state index is 0.0880. The third-order valence-electron chi connectivity index (χ3n) is 3.85. The number of fused-ring (bicyclic) bond motifs is 1. The maximum atomic E-state index is 12.3. The highest BCUT2D eigenvalue weighted by atomic mass is 32.1. The normalized spacial score (nSPS) is 22.7. The van der Waals surface area contributed by atoms with Gasteiger partial charge in [0.2, 0.25) is 5.91 Å². The lowest BCUT2D eigenvalue weighted by atomic mass is 10.2. The van der Waals surface area contributed by atoms with Gasteiger partial charge in [0.1, 0.15) is 13.2 Å². The van der Waals surface area contributed by atoms with Gasteiger partial charge in [-0.3, -0.25) is 4.79 Å². The number of benzene rings is 1. The fraction of sp³-hybridized carbons (Fsp3) is 0.312. The summed E-state index contributed by atoms with van der Waals surface area (Å²) in [5.41, 5.74) is 0.765. The van der Waals surface area contributed by atoms with Gasteiger partial charge in [0, 0.05) is 28.5 Å². The highest BCUT2D eigenvalue weighted by Crippen LogP contribution is 2.49. The molecular weight excluding hydrogens is 286 g/mol. The summed E-state index contributed by atoms with van der Waals surface area (Å²) in [6.07, 6.45) is 0.941. The highest BCUT2D eigenvalue weighted by Gasteiger charge is 2.44. The van der Waals surface area contributed by atoms with E-state index in [1.165, 1.54) is 4.88 Å². The van der Waals surface area contributed by atoms with Crippen LogP contribution >= 0.6 is 11.3 Å². The van der Waals surface area contributed by atoms with E-state index in [1.807, 2.05) is 24.3 Å². The summed E-state index contributed by atoms with van der Waals surface area (Å²) in [6.45, 7) is 1.12. The maximum Gasteiger partial charge on any atom is 0.228 e. The van der Waals surface area contributed by atoms with Crippen LogP contribution in [0.5, 0.6) is 11.5 Å². The molecule has 2 aromatic rings. The number of nitrogens with one attached hydrogen (secondary N) is 1. The molecule has 1 aromatic carbocycles. The number of amides is 1. The number of thiophene rings is 1. The van der Waals surface area contributed by atoms with Gasteiger partial charge in [0.25, 0.3) is 0 Å². The molecule has 2 unspecified atom stereocenters. The molecule has 2 atom stereocenters. The molecule has 2 heterocycles. The van der Waals surface area contributed by atoms with Crippen molar-refractivity contribution in [3.8, 4) is 11.5 Å². The molecule has 0 spiro atoms. The maximum absolute atomic E-state index is 12.3. The molecule has 4 rings (SSSR count). The van der Waals surface area contributed by atoms with Gasteiger partial charge in [-0.05, 0) is 30.0 Å². The fourth-order valence-electron chi connectivity index (χ4n) is 2.66. The third-order valence-corrected chi connectivity index (χ3v) is 4.85. The molecule has 2 aliphatic rings. The Labute approximate surface area is 126 Å². The first kappa shape index (κ1) is 12.7. The molecule has 4 nitrogen and oxygen atoms in total. The number of anilines is 1. The zero-order valence-corrected chi connectivity index (χ0v) is 12.2. The summed E-state index contributed by atoms with van der Waals surface area (Å²) in [6, 6.07) is 9.66. The van der Waals surface area contributed by atoms with E-state index in [4.69, 9.17) is 9.47 Å². The summed E-state index contributed by atoms with van der Waals surface area (Å²) in [5.74, 6) is 2.01. The molecule has 1 aliphatic heterocycles. The van der Waals surface area contributed by atoms with E-state index in [1.54, 1.807) is 11.3 Å². The Kier molecular flexibility index (Phi) is 3.07. The van der Waals surface area contributed by atoms with E-state index in [9.17, 15) is 4.79 Å². The number of hydrogen-bond acceptors (Lipinski definition) is 4. The molecule has 0 saturated heterocycles. The first-order valence-electron chi connectivity index (χ1n) is 7.05. The van der Waals surface area contributed by atoms with E-state index >= 15 is 0 Å². The summed E-state index contributed by atoms with van der Waals surface area (Å²) >= 11 is 1.72. The average molecular weight is 301 g/mol. The number of rotatable bonds is 3. The van der Waals surface area contributed by atoms with Gasteiger partial charge in [-0.1, -0.05) is 6.07 Å². The van der Waals surface area contributed by atoms with Gasteiger partial charge in [0.05, 0.1) is 0 Å². The van der Waals surface area contributed by atoms with Crippen molar-refractivity contribution >= 4 is 22.9 Å². The quantitative estimate of drug-likeness (QED) is 0.946. The van der Waals surface area contributed by atoms with Crippen LogP contribution in [0.15, 0.2) is 35.7 Å². The summed E-state index contributed by atoms with van der Waals surface area (Å²) < 4.78 is 11.0. The standard InChI is InChI=1S/C16H15NO3S/c18-16(12-9-11(12)15-2-1-7-21-15)17-10-3-4-13-14(8-10)20-6-5-19-13/h1-4,7-8,11-12H,5-6,9H2,(H,17,18). The van der Waals surface area contributed by atoms with Crippen LogP contribution in [0.25, 0.3) is 0 Å². The van der Waals surface area contributed by atoms with Gasteiger partial charge in [0.15, 0.2) is 11.5 Å². The monoisotopic (exact) mass is 301 g/mol. The van der Waals surface area contributed by atoms with Crippen molar-refractivity contribution in [2.75, 3.05) is 18.5 Å². The van der Waals surface area contributed by atoms with E-state index in [0.717, 1.165) is 17.9 Å². The molecule has 1 N–H and O–H groups in total. The largest absolute Gasteiger partial charge is 0.486 e. The SMILES string of the molecule is O=C(Nc1ccc2c(c1)OCCO2)C1CC1c1cccs1. The molecule has 5 heteroatoms. The molecule has 0 radical (unpaired) electrons. The predicted molar refractivity (Wildman–Crippen MR) is 81.2 cm³/mol. The second kappa shape index (κ2) is 5.07. The van der Waals surface area contributed by atoms with Crippen molar-refractivity contribution < 1.29 is 14.3 Å². The Balaban J connectivity index is 1.43. The highest BCUT2D eigenvalue weighted by molar-refractivity contribution is 7.10. The van der Waals surface area contributed by atoms with Crippen LogP contribution in [0.2, 0.25) is 0 Å². The summed E-state index contributed by atoms with van der Waals surface area (Å²) in [7, 11) is 0. The van der Waals surface area contributed by atoms with Crippen molar-refractivity contribution in [2.24, 2.45) is 5.92 Å². The van der Waals surface area contributed by atoms with Gasteiger partial charge >= 0.3 is 0 Å². The van der Waals surface area contributed by atoms with Crippen molar-refractivity contribution in [2.45, 2.75) is 12.3 Å². The molecule has 1 fully saturated rings. The first-order valence-corrected chi connectivity index (χ1v) is 7.93. The molecule has 1 aromatic heterocycles. The molecule has 1 amide bonds. The van der Waals surface area contributed by atoms with Crippen molar-refractivity contribution in [1.82, 2.24) is 0 Å². The summed E-state index contributed by atoms with van der Waals surface area (Å²) in [5, 5.41) is 5.04. The molecule has 1 saturated carbocycles. The lowest BCUT2D eigenvalue weighted by Gasteiger charge is -2.19. The van der Waals surface area contributed by atoms with Crippen molar-refractivity contribution in [3.63, 3.8) is 0 Å². The Morgan fingerprint density at radius 1 is 1.19 bits per heavy atom. The van der Waals surface area contributed by atoms with Crippen LogP contribution in [0.1, 0.15) is 17.2 Å². The van der Waals surface area contributed by atoms with Gasteiger partial charge in [-0.25, -0.2) is 0 Å². The van der Waals surface area contributed by atoms with Crippen LogP contribution in [0, 0.1) is 5.92 Å². The van der Waals surface area contributed by atoms with Crippen molar-refractivity contribution in [1.29, 1.82) is 0 Å². The molecule has 1 aliphatic carbocycles. The lowest BCUT2D eigenvalue weighted by molar-refractivity contribution is -0.117. The second-order valence-corrected chi connectivity index (χ2v) is 6.29. The predicted octanol–water partition coefficient (Wildman–Crippen LogP) is 3.26. The number of carbonyl (C=O) groups is 1. The number of ether oxygens (including phenoxy) is 2. The molecular formula is C16H15NO3S.